The predicted molar refractivity (Wildman–Crippen MR) is 58.9 cm³/mol. The summed E-state index contributed by atoms with van der Waals surface area (Å²) in [5, 5.41) is 2.50. The molecule has 0 heterocycles. The van der Waals surface area contributed by atoms with E-state index in [0.717, 1.165) is 0 Å². The Balaban J connectivity index is 0.000000373. The van der Waals surface area contributed by atoms with Gasteiger partial charge in [0.05, 0.1) is 0 Å². The summed E-state index contributed by atoms with van der Waals surface area (Å²) in [6, 6.07) is 15.6. The van der Waals surface area contributed by atoms with Crippen LogP contribution in [0.4, 0.5) is 13.2 Å². The van der Waals surface area contributed by atoms with Gasteiger partial charge in [-0.15, -0.1) is 46.7 Å². The van der Waals surface area contributed by atoms with Crippen LogP contribution in [-0.4, -0.2) is 6.18 Å². The van der Waals surface area contributed by atoms with E-state index >= 15 is 0 Å². The van der Waals surface area contributed by atoms with Crippen molar-refractivity contribution in [3.63, 3.8) is 0 Å². The van der Waals surface area contributed by atoms with Crippen LogP contribution in [0.2, 0.25) is 0 Å². The first-order valence-corrected chi connectivity index (χ1v) is 4.66. The van der Waals surface area contributed by atoms with Gasteiger partial charge in [0, 0.05) is 0 Å². The molecule has 0 unspecified atom stereocenters. The minimum Gasteiger partial charge on any atom is -0.241 e. The molecule has 0 radical (unpaired) electrons. The molecule has 0 bridgehead atoms. The Hall–Kier alpha value is -0.458. The summed E-state index contributed by atoms with van der Waals surface area (Å²) < 4.78 is 30.7. The van der Waals surface area contributed by atoms with Crippen LogP contribution in [0.25, 0.3) is 10.8 Å². The van der Waals surface area contributed by atoms with Crippen molar-refractivity contribution in [2.24, 2.45) is 0 Å². The van der Waals surface area contributed by atoms with Gasteiger partial charge in [-0.2, -0.15) is 0 Å². The summed E-state index contributed by atoms with van der Waals surface area (Å²) >= 11 is 0. The number of fused-ring (bicyclic) bond motifs is 1. The van der Waals surface area contributed by atoms with Crippen molar-refractivity contribution in [1.82, 2.24) is 0 Å². The van der Waals surface area contributed by atoms with E-state index in [9.17, 15) is 13.2 Å². The fourth-order valence-electron chi connectivity index (χ4n) is 1.30. The molecule has 0 N–H and O–H groups in total. The fraction of sp³-hybridized carbons (Fsp3) is 0.154. The molecule has 0 atom stereocenters. The molecule has 0 aliphatic heterocycles. The molecule has 4 heteroatoms. The van der Waals surface area contributed by atoms with E-state index < -0.39 is 6.18 Å². The van der Waals surface area contributed by atoms with E-state index in [4.69, 9.17) is 0 Å². The Labute approximate surface area is 123 Å². The quantitative estimate of drug-likeness (QED) is 0.512. The molecule has 17 heavy (non-hydrogen) atoms. The zero-order chi connectivity index (χ0) is 12.2. The van der Waals surface area contributed by atoms with E-state index in [1.807, 2.05) is 12.1 Å². The summed E-state index contributed by atoms with van der Waals surface area (Å²) in [5.41, 5.74) is 1.32. The van der Waals surface area contributed by atoms with Gasteiger partial charge < -0.3 is 0 Å². The van der Waals surface area contributed by atoms with E-state index in [1.165, 1.54) is 16.3 Å². The Kier molecular flexibility index (Phi) is 6.89. The second-order valence-electron chi connectivity index (χ2n) is 3.32. The average molecular weight is 462 g/mol. The fourth-order valence-corrected chi connectivity index (χ4v) is 1.30. The third kappa shape index (κ3) is 6.75. The van der Waals surface area contributed by atoms with Gasteiger partial charge in [-0.1, -0.05) is 19.1 Å². The van der Waals surface area contributed by atoms with Gasteiger partial charge in [-0.05, 0) is 0 Å². The van der Waals surface area contributed by atoms with Gasteiger partial charge in [-0.25, -0.2) is 20.1 Å². The van der Waals surface area contributed by atoms with Gasteiger partial charge in [0.1, 0.15) is 0 Å². The summed E-state index contributed by atoms with van der Waals surface area (Å²) in [6.45, 7) is 3.89. The topological polar surface area (TPSA) is 0 Å². The molecule has 2 aromatic rings. The molecule has 0 aromatic heterocycles. The zero-order valence-corrected chi connectivity index (χ0v) is 13.5. The maximum absolute atomic E-state index is 10.2. The number of halogens is 3. The van der Waals surface area contributed by atoms with Crippen LogP contribution in [0.3, 0.4) is 0 Å². The molecule has 0 fully saturated rings. The normalized spacial score (nSPS) is 10.2. The van der Waals surface area contributed by atoms with Gasteiger partial charge in [0.15, 0.2) is 0 Å². The second-order valence-corrected chi connectivity index (χ2v) is 3.32. The molecule has 0 aliphatic carbocycles. The largest absolute Gasteiger partial charge is 2.00 e. The van der Waals surface area contributed by atoms with Crippen LogP contribution >= 0.6 is 0 Å². The minimum absolute atomic E-state index is 0. The minimum atomic E-state index is -4.25. The van der Waals surface area contributed by atoms with Gasteiger partial charge >= 0.3 is 31.1 Å². The molecule has 0 saturated carbocycles. The van der Waals surface area contributed by atoms with Crippen LogP contribution in [-0.2, 0) is 0 Å². The number of hydrogen-bond acceptors (Lipinski definition) is 0. The molecule has 2 rings (SSSR count). The maximum atomic E-state index is 10.2. The van der Waals surface area contributed by atoms with E-state index in [0.29, 0.717) is 0 Å². The number of rotatable bonds is 0. The molecule has 2 aromatic carbocycles. The summed E-state index contributed by atoms with van der Waals surface area (Å²) in [4.78, 5) is 0. The molecule has 88 valence electrons. The third-order valence-corrected chi connectivity index (χ3v) is 1.92. The predicted octanol–water partition coefficient (Wildman–Crippen LogP) is 4.33. The van der Waals surface area contributed by atoms with Crippen LogP contribution in [0.5, 0.6) is 0 Å². The van der Waals surface area contributed by atoms with E-state index in [1.54, 1.807) is 6.92 Å². The maximum Gasteiger partial charge on any atom is 2.00 e. The van der Waals surface area contributed by atoms with Crippen molar-refractivity contribution < 1.29 is 44.3 Å². The second kappa shape index (κ2) is 7.08. The van der Waals surface area contributed by atoms with Gasteiger partial charge in [0.25, 0.3) is 6.18 Å². The first-order chi connectivity index (χ1) is 7.38. The third-order valence-electron chi connectivity index (χ3n) is 1.92. The number of benzene rings is 2. The van der Waals surface area contributed by atoms with E-state index in [2.05, 4.69) is 37.3 Å². The van der Waals surface area contributed by atoms with E-state index in [-0.39, 0.29) is 31.1 Å². The summed E-state index contributed by atoms with van der Waals surface area (Å²) in [6.07, 6.45) is -4.25. The Morgan fingerprint density at radius 1 is 1.12 bits per heavy atom. The molecule has 0 saturated heterocycles. The van der Waals surface area contributed by atoms with Gasteiger partial charge in [0.2, 0.25) is 0 Å². The van der Waals surface area contributed by atoms with Crippen LogP contribution < -0.4 is 0 Å². The van der Waals surface area contributed by atoms with Crippen LogP contribution in [0, 0.1) is 51.0 Å². The SMILES string of the molecule is Cc1cc[c-]c2ccccc12.[CH2-]C(F)(F)F.[U+2]. The van der Waals surface area contributed by atoms with Crippen molar-refractivity contribution in [2.75, 3.05) is 0 Å². The average Bonchev–Trinajstić information content (AvgIpc) is 2.16. The molecular weight excluding hydrogens is 451 g/mol. The number of hydrogen-bond donors (Lipinski definition) is 0. The summed E-state index contributed by atoms with van der Waals surface area (Å²) in [5.74, 6) is 0. The number of aryl methyl sites for hydroxylation is 1. The number of alkyl halides is 3. The van der Waals surface area contributed by atoms with Crippen molar-refractivity contribution in [3.8, 4) is 0 Å². The Bertz CT molecular complexity index is 452. The zero-order valence-electron chi connectivity index (χ0n) is 9.31. The molecule has 0 aliphatic rings. The monoisotopic (exact) mass is 462 g/mol. The molecule has 0 spiro atoms. The molecular formula is C13H11F3U. The Morgan fingerprint density at radius 2 is 1.65 bits per heavy atom. The first kappa shape index (κ1) is 16.5. The molecule has 0 nitrogen and oxygen atoms in total. The Morgan fingerprint density at radius 3 is 2.18 bits per heavy atom. The molecule has 0 amide bonds. The van der Waals surface area contributed by atoms with Crippen molar-refractivity contribution in [1.29, 1.82) is 0 Å². The van der Waals surface area contributed by atoms with Gasteiger partial charge in [-0.3, -0.25) is 0 Å². The standard InChI is InChI=1S/C11H9.C2H2F3.U/c1-9-5-4-7-10-6-2-3-8-11(9)10;1-2(3,4)5;/h2-6,8H,1H3;1H2;/q2*-1;+2. The van der Waals surface area contributed by atoms with Crippen molar-refractivity contribution in [3.05, 3.63) is 55.0 Å². The summed E-state index contributed by atoms with van der Waals surface area (Å²) in [7, 11) is 0. The van der Waals surface area contributed by atoms with Crippen molar-refractivity contribution >= 4 is 10.8 Å². The first-order valence-electron chi connectivity index (χ1n) is 4.66. The van der Waals surface area contributed by atoms with Crippen LogP contribution in [0.15, 0.2) is 36.4 Å². The smallest absolute Gasteiger partial charge is 0.241 e. The van der Waals surface area contributed by atoms with Crippen molar-refractivity contribution in [2.45, 2.75) is 13.1 Å². The van der Waals surface area contributed by atoms with Crippen LogP contribution in [0.1, 0.15) is 5.56 Å².